The molecule has 112 valence electrons. The first-order valence-corrected chi connectivity index (χ1v) is 7.85. The highest BCUT2D eigenvalue weighted by atomic mass is 32.2. The van der Waals surface area contributed by atoms with Gasteiger partial charge in [-0.1, -0.05) is 0 Å². The van der Waals surface area contributed by atoms with Gasteiger partial charge in [0, 0.05) is 32.9 Å². The second kappa shape index (κ2) is 6.49. The summed E-state index contributed by atoms with van der Waals surface area (Å²) in [6.07, 6.45) is 1.36. The minimum Gasteiger partial charge on any atom is -0.395 e. The van der Waals surface area contributed by atoms with E-state index in [1.165, 1.54) is 10.5 Å². The highest BCUT2D eigenvalue weighted by Crippen LogP contribution is 2.18. The van der Waals surface area contributed by atoms with E-state index in [4.69, 9.17) is 9.84 Å². The van der Waals surface area contributed by atoms with Crippen LogP contribution in [0.1, 0.15) is 0 Å². The van der Waals surface area contributed by atoms with Crippen molar-refractivity contribution >= 4 is 15.8 Å². The summed E-state index contributed by atoms with van der Waals surface area (Å²) in [4.78, 5) is 6.07. The second-order valence-electron chi connectivity index (χ2n) is 4.51. The number of aliphatic hydroxyl groups is 1. The minimum atomic E-state index is -3.49. The third-order valence-electron chi connectivity index (χ3n) is 3.16. The Labute approximate surface area is 118 Å². The number of nitrogens with zero attached hydrogens (tertiary/aromatic N) is 3. The molecule has 0 bridgehead atoms. The third kappa shape index (κ3) is 3.26. The Morgan fingerprint density at radius 3 is 2.65 bits per heavy atom. The molecule has 0 radical (unpaired) electrons. The molecule has 2 rings (SSSR count). The van der Waals surface area contributed by atoms with Crippen LogP contribution in [-0.4, -0.2) is 69.3 Å². The van der Waals surface area contributed by atoms with Crippen LogP contribution in [0.2, 0.25) is 0 Å². The Hall–Kier alpha value is -1.22. The molecule has 1 fully saturated rings. The van der Waals surface area contributed by atoms with Crippen LogP contribution in [0.4, 0.5) is 5.82 Å². The van der Waals surface area contributed by atoms with E-state index >= 15 is 0 Å². The van der Waals surface area contributed by atoms with Crippen LogP contribution in [0, 0.1) is 0 Å². The molecule has 8 heteroatoms. The predicted molar refractivity (Wildman–Crippen MR) is 74.2 cm³/mol. The molecule has 1 aromatic rings. The van der Waals surface area contributed by atoms with Crippen molar-refractivity contribution in [1.82, 2.24) is 9.29 Å². The summed E-state index contributed by atoms with van der Waals surface area (Å²) in [6, 6.07) is 3.18. The van der Waals surface area contributed by atoms with Gasteiger partial charge in [0.15, 0.2) is 0 Å². The lowest BCUT2D eigenvalue weighted by Crippen LogP contribution is -2.40. The van der Waals surface area contributed by atoms with Gasteiger partial charge in [-0.3, -0.25) is 0 Å². The van der Waals surface area contributed by atoms with Gasteiger partial charge >= 0.3 is 0 Å². The molecule has 7 nitrogen and oxygen atoms in total. The van der Waals surface area contributed by atoms with E-state index in [-0.39, 0.29) is 11.5 Å². The molecule has 0 spiro atoms. The monoisotopic (exact) mass is 301 g/mol. The number of hydrogen-bond donors (Lipinski definition) is 1. The van der Waals surface area contributed by atoms with Gasteiger partial charge in [0.05, 0.1) is 19.8 Å². The number of aromatic nitrogens is 1. The zero-order valence-corrected chi connectivity index (χ0v) is 12.2. The van der Waals surface area contributed by atoms with Gasteiger partial charge in [-0.25, -0.2) is 13.4 Å². The normalized spacial score (nSPS) is 17.1. The molecule has 0 aliphatic carbocycles. The number of sulfonamides is 1. The van der Waals surface area contributed by atoms with Gasteiger partial charge in [0.25, 0.3) is 0 Å². The summed E-state index contributed by atoms with van der Waals surface area (Å²) in [5.41, 5.74) is 0. The van der Waals surface area contributed by atoms with Crippen molar-refractivity contribution in [2.45, 2.75) is 4.90 Å². The number of ether oxygens (including phenoxy) is 1. The lowest BCUT2D eigenvalue weighted by atomic mass is 10.4. The van der Waals surface area contributed by atoms with Crippen molar-refractivity contribution in [3.63, 3.8) is 0 Å². The standard InChI is InChI=1S/C12H19N3O4S/c1-14(4-7-16)12-3-2-11(10-13-12)20(17,18)15-5-8-19-9-6-15/h2-3,10,16H,4-9H2,1H3. The topological polar surface area (TPSA) is 83.0 Å². The van der Waals surface area contributed by atoms with E-state index in [2.05, 4.69) is 4.98 Å². The Morgan fingerprint density at radius 1 is 1.40 bits per heavy atom. The molecule has 0 unspecified atom stereocenters. The molecule has 0 atom stereocenters. The van der Waals surface area contributed by atoms with Gasteiger partial charge in [0.1, 0.15) is 10.7 Å². The average molecular weight is 301 g/mol. The quantitative estimate of drug-likeness (QED) is 0.792. The van der Waals surface area contributed by atoms with E-state index in [1.807, 2.05) is 0 Å². The van der Waals surface area contributed by atoms with Crippen molar-refractivity contribution in [2.75, 3.05) is 51.4 Å². The zero-order chi connectivity index (χ0) is 14.6. The van der Waals surface area contributed by atoms with Crippen LogP contribution in [0.5, 0.6) is 0 Å². The first-order chi connectivity index (χ1) is 9.55. The van der Waals surface area contributed by atoms with Crippen molar-refractivity contribution in [3.8, 4) is 0 Å². The number of hydrogen-bond acceptors (Lipinski definition) is 6. The maximum atomic E-state index is 12.4. The molecule has 0 amide bonds. The SMILES string of the molecule is CN(CCO)c1ccc(S(=O)(=O)N2CCOCC2)cn1. The Kier molecular flexibility index (Phi) is 4.92. The molecule has 1 aromatic heterocycles. The van der Waals surface area contributed by atoms with E-state index in [0.29, 0.717) is 38.7 Å². The summed E-state index contributed by atoms with van der Waals surface area (Å²) < 4.78 is 31.3. The van der Waals surface area contributed by atoms with Crippen molar-refractivity contribution in [3.05, 3.63) is 18.3 Å². The van der Waals surface area contributed by atoms with Crippen LogP contribution >= 0.6 is 0 Å². The van der Waals surface area contributed by atoms with Crippen molar-refractivity contribution in [1.29, 1.82) is 0 Å². The largest absolute Gasteiger partial charge is 0.395 e. The van der Waals surface area contributed by atoms with Crippen LogP contribution < -0.4 is 4.90 Å². The van der Waals surface area contributed by atoms with E-state index in [1.54, 1.807) is 24.1 Å². The zero-order valence-electron chi connectivity index (χ0n) is 11.4. The van der Waals surface area contributed by atoms with Crippen LogP contribution in [0.15, 0.2) is 23.2 Å². The van der Waals surface area contributed by atoms with Gasteiger partial charge in [0.2, 0.25) is 10.0 Å². The molecule has 1 aliphatic rings. The number of aliphatic hydroxyl groups excluding tert-OH is 1. The smallest absolute Gasteiger partial charge is 0.244 e. The lowest BCUT2D eigenvalue weighted by Gasteiger charge is -2.26. The Bertz CT molecular complexity index is 526. The first kappa shape index (κ1) is 15.2. The number of pyridine rings is 1. The maximum absolute atomic E-state index is 12.4. The van der Waals surface area contributed by atoms with Gasteiger partial charge in [-0.15, -0.1) is 0 Å². The lowest BCUT2D eigenvalue weighted by molar-refractivity contribution is 0.0730. The number of likely N-dealkylation sites (N-methyl/N-ethyl adjacent to an activating group) is 1. The summed E-state index contributed by atoms with van der Waals surface area (Å²) in [5, 5.41) is 8.87. The molecule has 1 saturated heterocycles. The third-order valence-corrected chi connectivity index (χ3v) is 5.04. The summed E-state index contributed by atoms with van der Waals surface area (Å²) in [7, 11) is -1.71. The summed E-state index contributed by atoms with van der Waals surface area (Å²) in [5.74, 6) is 0.625. The Balaban J connectivity index is 2.16. The van der Waals surface area contributed by atoms with Gasteiger partial charge in [-0.2, -0.15) is 4.31 Å². The fraction of sp³-hybridized carbons (Fsp3) is 0.583. The second-order valence-corrected chi connectivity index (χ2v) is 6.45. The fourth-order valence-electron chi connectivity index (χ4n) is 1.95. The summed E-state index contributed by atoms with van der Waals surface area (Å²) >= 11 is 0. The molecule has 1 aliphatic heterocycles. The first-order valence-electron chi connectivity index (χ1n) is 6.41. The minimum absolute atomic E-state index is 0.0198. The molecule has 0 saturated carbocycles. The van der Waals surface area contributed by atoms with Crippen molar-refractivity contribution in [2.24, 2.45) is 0 Å². The fourth-order valence-corrected chi connectivity index (χ4v) is 3.31. The van der Waals surface area contributed by atoms with Crippen LogP contribution in [-0.2, 0) is 14.8 Å². The number of anilines is 1. The van der Waals surface area contributed by atoms with Crippen LogP contribution in [0.25, 0.3) is 0 Å². The van der Waals surface area contributed by atoms with Crippen LogP contribution in [0.3, 0.4) is 0 Å². The molecule has 1 N–H and O–H groups in total. The maximum Gasteiger partial charge on any atom is 0.244 e. The van der Waals surface area contributed by atoms with E-state index in [0.717, 1.165) is 0 Å². The van der Waals surface area contributed by atoms with Gasteiger partial charge in [-0.05, 0) is 12.1 Å². The van der Waals surface area contributed by atoms with Gasteiger partial charge < -0.3 is 14.7 Å². The van der Waals surface area contributed by atoms with E-state index < -0.39 is 10.0 Å². The summed E-state index contributed by atoms with van der Waals surface area (Å²) in [6.45, 7) is 2.05. The molecule has 2 heterocycles. The highest BCUT2D eigenvalue weighted by Gasteiger charge is 2.26. The average Bonchev–Trinajstić information content (AvgIpc) is 2.48. The Morgan fingerprint density at radius 2 is 2.10 bits per heavy atom. The molecular formula is C12H19N3O4S. The van der Waals surface area contributed by atoms with Crippen molar-refractivity contribution < 1.29 is 18.3 Å². The molecule has 20 heavy (non-hydrogen) atoms. The highest BCUT2D eigenvalue weighted by molar-refractivity contribution is 7.89. The number of morpholine rings is 1. The predicted octanol–water partition coefficient (Wildman–Crippen LogP) is -0.469. The van der Waals surface area contributed by atoms with E-state index in [9.17, 15) is 8.42 Å². The number of rotatable bonds is 5. The molecular weight excluding hydrogens is 282 g/mol. The molecule has 0 aromatic carbocycles.